The van der Waals surface area contributed by atoms with Gasteiger partial charge >= 0.3 is 0 Å². The summed E-state index contributed by atoms with van der Waals surface area (Å²) in [6.45, 7) is 6.99. The molecule has 0 spiro atoms. The molecule has 2 nitrogen and oxygen atoms in total. The van der Waals surface area contributed by atoms with Gasteiger partial charge in [0, 0.05) is 12.1 Å². The van der Waals surface area contributed by atoms with Gasteiger partial charge in [0.15, 0.2) is 0 Å². The molecule has 1 saturated carbocycles. The van der Waals surface area contributed by atoms with E-state index in [-0.39, 0.29) is 0 Å². The largest absolute Gasteiger partial charge is 0.492 e. The van der Waals surface area contributed by atoms with Crippen LogP contribution in [-0.2, 0) is 6.42 Å². The van der Waals surface area contributed by atoms with E-state index >= 15 is 0 Å². The van der Waals surface area contributed by atoms with Crippen LogP contribution < -0.4 is 10.1 Å². The molecule has 1 fully saturated rings. The van der Waals surface area contributed by atoms with E-state index in [4.69, 9.17) is 16.3 Å². The monoisotopic (exact) mass is 267 g/mol. The van der Waals surface area contributed by atoms with Gasteiger partial charge in [0.05, 0.1) is 11.6 Å². The lowest BCUT2D eigenvalue weighted by atomic mass is 10.0. The van der Waals surface area contributed by atoms with Crippen molar-refractivity contribution < 1.29 is 4.74 Å². The Kier molecular flexibility index (Phi) is 4.52. The first-order valence-corrected chi connectivity index (χ1v) is 7.15. The molecule has 1 aliphatic rings. The van der Waals surface area contributed by atoms with Gasteiger partial charge in [-0.15, -0.1) is 0 Å². The summed E-state index contributed by atoms with van der Waals surface area (Å²) in [5.74, 6) is 0.795. The second kappa shape index (κ2) is 5.94. The molecular formula is C15H22ClNO. The van der Waals surface area contributed by atoms with Crippen molar-refractivity contribution >= 4 is 11.6 Å². The molecule has 0 bridgehead atoms. The molecular weight excluding hydrogens is 246 g/mol. The quantitative estimate of drug-likeness (QED) is 0.848. The molecule has 100 valence electrons. The van der Waals surface area contributed by atoms with Gasteiger partial charge < -0.3 is 10.1 Å². The Bertz CT molecular complexity index is 415. The van der Waals surface area contributed by atoms with Crippen LogP contribution in [0.15, 0.2) is 12.1 Å². The minimum atomic E-state index is 0.505. The Hall–Kier alpha value is -0.730. The number of hydrogen-bond acceptors (Lipinski definition) is 2. The van der Waals surface area contributed by atoms with Crippen LogP contribution in [0.1, 0.15) is 37.8 Å². The van der Waals surface area contributed by atoms with E-state index in [0.717, 1.165) is 23.2 Å². The summed E-state index contributed by atoms with van der Waals surface area (Å²) in [5, 5.41) is 4.33. The van der Waals surface area contributed by atoms with Crippen molar-refractivity contribution in [1.29, 1.82) is 0 Å². The average molecular weight is 268 g/mol. The van der Waals surface area contributed by atoms with Gasteiger partial charge in [-0.1, -0.05) is 11.6 Å². The van der Waals surface area contributed by atoms with E-state index in [1.807, 2.05) is 19.1 Å². The summed E-state index contributed by atoms with van der Waals surface area (Å²) in [4.78, 5) is 0. The van der Waals surface area contributed by atoms with Gasteiger partial charge in [0.2, 0.25) is 0 Å². The van der Waals surface area contributed by atoms with Crippen LogP contribution in [-0.4, -0.2) is 18.7 Å². The highest BCUT2D eigenvalue weighted by Crippen LogP contribution is 2.29. The lowest BCUT2D eigenvalue weighted by Gasteiger charge is -2.16. The summed E-state index contributed by atoms with van der Waals surface area (Å²) in [7, 11) is 0. The highest BCUT2D eigenvalue weighted by atomic mass is 35.5. The zero-order valence-electron chi connectivity index (χ0n) is 11.4. The van der Waals surface area contributed by atoms with Crippen molar-refractivity contribution in [3.63, 3.8) is 0 Å². The van der Waals surface area contributed by atoms with Crippen molar-refractivity contribution in [3.05, 3.63) is 28.3 Å². The predicted octanol–water partition coefficient (Wildman–Crippen LogP) is 3.73. The molecule has 1 N–H and O–H groups in total. The Morgan fingerprint density at radius 1 is 1.44 bits per heavy atom. The third kappa shape index (κ3) is 3.63. The Balaban J connectivity index is 2.04. The van der Waals surface area contributed by atoms with Crippen molar-refractivity contribution in [2.45, 2.75) is 52.1 Å². The maximum Gasteiger partial charge on any atom is 0.138 e. The zero-order chi connectivity index (χ0) is 13.1. The number of ether oxygens (including phenoxy) is 1. The molecule has 0 aromatic heterocycles. The highest BCUT2D eigenvalue weighted by molar-refractivity contribution is 6.32. The molecule has 2 rings (SSSR count). The first kappa shape index (κ1) is 13.7. The van der Waals surface area contributed by atoms with E-state index in [9.17, 15) is 0 Å². The van der Waals surface area contributed by atoms with Crippen molar-refractivity contribution in [1.82, 2.24) is 5.32 Å². The van der Waals surface area contributed by atoms with Gasteiger partial charge in [-0.2, -0.15) is 0 Å². The number of rotatable bonds is 6. The van der Waals surface area contributed by atoms with Crippen molar-refractivity contribution in [2.75, 3.05) is 6.61 Å². The highest BCUT2D eigenvalue weighted by Gasteiger charge is 2.23. The molecule has 1 aliphatic carbocycles. The number of nitrogens with one attached hydrogen (secondary N) is 1. The van der Waals surface area contributed by atoms with Crippen LogP contribution in [0, 0.1) is 6.92 Å². The fourth-order valence-corrected chi connectivity index (χ4v) is 2.46. The SMILES string of the molecule is CCOc1cc(C)c(CC(C)NC2CC2)cc1Cl. The molecule has 1 aromatic carbocycles. The molecule has 18 heavy (non-hydrogen) atoms. The molecule has 3 heteroatoms. The van der Waals surface area contributed by atoms with Gasteiger partial charge in [-0.25, -0.2) is 0 Å². The first-order chi connectivity index (χ1) is 8.60. The van der Waals surface area contributed by atoms with E-state index in [1.165, 1.54) is 24.0 Å². The Morgan fingerprint density at radius 3 is 2.78 bits per heavy atom. The summed E-state index contributed by atoms with van der Waals surface area (Å²) in [5.41, 5.74) is 2.57. The van der Waals surface area contributed by atoms with Crippen LogP contribution in [0.3, 0.4) is 0 Å². The minimum Gasteiger partial charge on any atom is -0.492 e. The number of halogens is 1. The lowest BCUT2D eigenvalue weighted by molar-refractivity contribution is 0.340. The van der Waals surface area contributed by atoms with E-state index in [0.29, 0.717) is 12.6 Å². The van der Waals surface area contributed by atoms with Gasteiger partial charge in [-0.05, 0) is 63.3 Å². The van der Waals surface area contributed by atoms with E-state index in [1.54, 1.807) is 0 Å². The predicted molar refractivity (Wildman–Crippen MR) is 76.7 cm³/mol. The third-order valence-electron chi connectivity index (χ3n) is 3.31. The summed E-state index contributed by atoms with van der Waals surface area (Å²) in [6.07, 6.45) is 3.68. The fourth-order valence-electron chi connectivity index (χ4n) is 2.22. The van der Waals surface area contributed by atoms with Crippen LogP contribution >= 0.6 is 11.6 Å². The molecule has 0 radical (unpaired) electrons. The van der Waals surface area contributed by atoms with Crippen LogP contribution in [0.2, 0.25) is 5.02 Å². The molecule has 0 heterocycles. The number of hydrogen-bond donors (Lipinski definition) is 1. The molecule has 0 saturated heterocycles. The zero-order valence-corrected chi connectivity index (χ0v) is 12.2. The third-order valence-corrected chi connectivity index (χ3v) is 3.61. The van der Waals surface area contributed by atoms with Crippen molar-refractivity contribution in [3.8, 4) is 5.75 Å². The molecule has 0 aliphatic heterocycles. The molecule has 1 unspecified atom stereocenters. The van der Waals surface area contributed by atoms with Crippen LogP contribution in [0.4, 0.5) is 0 Å². The normalized spacial score (nSPS) is 16.7. The number of benzene rings is 1. The maximum atomic E-state index is 6.24. The molecule has 0 amide bonds. The minimum absolute atomic E-state index is 0.505. The maximum absolute atomic E-state index is 6.24. The van der Waals surface area contributed by atoms with Crippen LogP contribution in [0.5, 0.6) is 5.75 Å². The van der Waals surface area contributed by atoms with Crippen molar-refractivity contribution in [2.24, 2.45) is 0 Å². The van der Waals surface area contributed by atoms with Gasteiger partial charge in [-0.3, -0.25) is 0 Å². The molecule has 1 atom stereocenters. The first-order valence-electron chi connectivity index (χ1n) is 6.78. The lowest BCUT2D eigenvalue weighted by Crippen LogP contribution is -2.30. The number of aryl methyl sites for hydroxylation is 1. The van der Waals surface area contributed by atoms with Gasteiger partial charge in [0.25, 0.3) is 0 Å². The van der Waals surface area contributed by atoms with Gasteiger partial charge in [0.1, 0.15) is 5.75 Å². The van der Waals surface area contributed by atoms with E-state index < -0.39 is 0 Å². The Morgan fingerprint density at radius 2 is 2.17 bits per heavy atom. The summed E-state index contributed by atoms with van der Waals surface area (Å²) < 4.78 is 5.50. The second-order valence-electron chi connectivity index (χ2n) is 5.19. The second-order valence-corrected chi connectivity index (χ2v) is 5.60. The molecule has 1 aromatic rings. The topological polar surface area (TPSA) is 21.3 Å². The average Bonchev–Trinajstić information content (AvgIpc) is 3.09. The van der Waals surface area contributed by atoms with Crippen LogP contribution in [0.25, 0.3) is 0 Å². The summed E-state index contributed by atoms with van der Waals surface area (Å²) >= 11 is 6.24. The standard InChI is InChI=1S/C15H22ClNO/c1-4-18-15-7-10(2)12(9-14(15)16)8-11(3)17-13-5-6-13/h7,9,11,13,17H,4-6,8H2,1-3H3. The Labute approximate surface area is 115 Å². The smallest absolute Gasteiger partial charge is 0.138 e. The fraction of sp³-hybridized carbons (Fsp3) is 0.600. The van der Waals surface area contributed by atoms with E-state index in [2.05, 4.69) is 19.2 Å². The summed E-state index contributed by atoms with van der Waals surface area (Å²) in [6, 6.07) is 5.35.